The quantitative estimate of drug-likeness (QED) is 0.850. The molecule has 2 aromatic rings. The molecule has 4 heteroatoms. The minimum absolute atomic E-state index is 0.191. The van der Waals surface area contributed by atoms with E-state index in [-0.39, 0.29) is 5.78 Å². The SMILES string of the molecule is Cc1ccc(SCC(=O)Cc2ccnc(N)c2)cc1. The number of ketones is 1. The molecule has 0 aliphatic rings. The molecule has 19 heavy (non-hydrogen) atoms. The average molecular weight is 272 g/mol. The summed E-state index contributed by atoms with van der Waals surface area (Å²) >= 11 is 1.56. The van der Waals surface area contributed by atoms with Crippen LogP contribution >= 0.6 is 11.8 Å². The number of aryl methyl sites for hydroxylation is 1. The standard InChI is InChI=1S/C15H16N2OS/c1-11-2-4-14(5-3-11)19-10-13(18)8-12-6-7-17-15(16)9-12/h2-7,9H,8,10H2,1H3,(H2,16,17). The molecule has 2 rings (SSSR count). The Kier molecular flexibility index (Phi) is 4.58. The van der Waals surface area contributed by atoms with Gasteiger partial charge in [-0.05, 0) is 36.8 Å². The smallest absolute Gasteiger partial charge is 0.147 e. The molecule has 0 bridgehead atoms. The highest BCUT2D eigenvalue weighted by atomic mass is 32.2. The molecule has 0 atom stereocenters. The molecule has 2 N–H and O–H groups in total. The zero-order chi connectivity index (χ0) is 13.7. The highest BCUT2D eigenvalue weighted by Gasteiger charge is 2.05. The summed E-state index contributed by atoms with van der Waals surface area (Å²) < 4.78 is 0. The molecule has 0 fully saturated rings. The van der Waals surface area contributed by atoms with Crippen molar-refractivity contribution in [3.63, 3.8) is 0 Å². The molecular formula is C15H16N2OS. The monoisotopic (exact) mass is 272 g/mol. The van der Waals surface area contributed by atoms with Crippen molar-refractivity contribution in [1.82, 2.24) is 4.98 Å². The molecule has 0 saturated heterocycles. The lowest BCUT2D eigenvalue weighted by molar-refractivity contribution is -0.116. The van der Waals surface area contributed by atoms with Crippen molar-refractivity contribution in [2.45, 2.75) is 18.2 Å². The highest BCUT2D eigenvalue weighted by molar-refractivity contribution is 8.00. The summed E-state index contributed by atoms with van der Waals surface area (Å²) in [5.41, 5.74) is 7.73. The topological polar surface area (TPSA) is 56.0 Å². The molecule has 0 unspecified atom stereocenters. The number of Topliss-reactive ketones (excluding diaryl/α,β-unsaturated/α-hetero) is 1. The van der Waals surface area contributed by atoms with E-state index in [1.807, 2.05) is 25.1 Å². The van der Waals surface area contributed by atoms with Gasteiger partial charge in [0.2, 0.25) is 0 Å². The maximum Gasteiger partial charge on any atom is 0.147 e. The van der Waals surface area contributed by atoms with Gasteiger partial charge < -0.3 is 5.73 Å². The first-order valence-electron chi connectivity index (χ1n) is 6.05. The van der Waals surface area contributed by atoms with E-state index in [1.165, 1.54) is 5.56 Å². The summed E-state index contributed by atoms with van der Waals surface area (Å²) in [6.07, 6.45) is 2.04. The van der Waals surface area contributed by atoms with E-state index in [9.17, 15) is 4.79 Å². The summed E-state index contributed by atoms with van der Waals surface area (Å²) in [7, 11) is 0. The second-order valence-corrected chi connectivity index (χ2v) is 5.45. The summed E-state index contributed by atoms with van der Waals surface area (Å²) in [5.74, 6) is 1.12. The Labute approximate surface area is 117 Å². The minimum atomic E-state index is 0.191. The van der Waals surface area contributed by atoms with E-state index in [2.05, 4.69) is 17.1 Å². The molecule has 1 heterocycles. The van der Waals surface area contributed by atoms with Crippen LogP contribution < -0.4 is 5.73 Å². The Morgan fingerprint density at radius 1 is 1.26 bits per heavy atom. The Balaban J connectivity index is 1.86. The lowest BCUT2D eigenvalue weighted by Gasteiger charge is -2.03. The van der Waals surface area contributed by atoms with Crippen molar-refractivity contribution in [3.8, 4) is 0 Å². The van der Waals surface area contributed by atoms with E-state index in [0.29, 0.717) is 18.0 Å². The second-order valence-electron chi connectivity index (χ2n) is 4.41. The van der Waals surface area contributed by atoms with Crippen molar-refractivity contribution >= 4 is 23.4 Å². The van der Waals surface area contributed by atoms with Crippen LogP contribution in [0.3, 0.4) is 0 Å². The van der Waals surface area contributed by atoms with Gasteiger partial charge in [0.05, 0.1) is 5.75 Å². The number of nitrogen functional groups attached to an aromatic ring is 1. The van der Waals surface area contributed by atoms with Crippen molar-refractivity contribution in [2.24, 2.45) is 0 Å². The molecule has 0 radical (unpaired) electrons. The van der Waals surface area contributed by atoms with Crippen LogP contribution in [0.1, 0.15) is 11.1 Å². The summed E-state index contributed by atoms with van der Waals surface area (Å²) in [4.78, 5) is 16.9. The van der Waals surface area contributed by atoms with Crippen LogP contribution in [-0.4, -0.2) is 16.5 Å². The largest absolute Gasteiger partial charge is 0.384 e. The maximum atomic E-state index is 11.9. The van der Waals surface area contributed by atoms with Crippen molar-refractivity contribution in [1.29, 1.82) is 0 Å². The Bertz CT molecular complexity index is 567. The number of hydrogen-bond donors (Lipinski definition) is 1. The van der Waals surface area contributed by atoms with E-state index in [0.717, 1.165) is 10.5 Å². The molecule has 1 aromatic carbocycles. The number of anilines is 1. The van der Waals surface area contributed by atoms with Crippen LogP contribution in [0.25, 0.3) is 0 Å². The molecule has 0 aliphatic heterocycles. The number of carbonyl (C=O) groups is 1. The summed E-state index contributed by atoms with van der Waals surface area (Å²) in [6, 6.07) is 11.8. The average Bonchev–Trinajstić information content (AvgIpc) is 2.38. The van der Waals surface area contributed by atoms with Gasteiger partial charge in [0.15, 0.2) is 0 Å². The van der Waals surface area contributed by atoms with Gasteiger partial charge in [0.1, 0.15) is 11.6 Å². The number of carbonyl (C=O) groups excluding carboxylic acids is 1. The van der Waals surface area contributed by atoms with Gasteiger partial charge in [-0.1, -0.05) is 17.7 Å². The third kappa shape index (κ3) is 4.41. The van der Waals surface area contributed by atoms with Crippen molar-refractivity contribution < 1.29 is 4.79 Å². The van der Waals surface area contributed by atoms with Gasteiger partial charge in [-0.2, -0.15) is 0 Å². The van der Waals surface area contributed by atoms with Crippen LogP contribution in [-0.2, 0) is 11.2 Å². The van der Waals surface area contributed by atoms with Gasteiger partial charge in [-0.15, -0.1) is 11.8 Å². The lowest BCUT2D eigenvalue weighted by atomic mass is 10.1. The number of nitrogens with two attached hydrogens (primary N) is 1. The van der Waals surface area contributed by atoms with Crippen LogP contribution in [0.4, 0.5) is 5.82 Å². The minimum Gasteiger partial charge on any atom is -0.384 e. The van der Waals surface area contributed by atoms with E-state index in [1.54, 1.807) is 24.0 Å². The molecule has 0 amide bonds. The first kappa shape index (κ1) is 13.6. The number of aromatic nitrogens is 1. The molecule has 0 spiro atoms. The predicted octanol–water partition coefficient (Wildman–Crippen LogP) is 2.88. The van der Waals surface area contributed by atoms with Crippen LogP contribution in [0.15, 0.2) is 47.5 Å². The first-order valence-corrected chi connectivity index (χ1v) is 7.03. The zero-order valence-electron chi connectivity index (χ0n) is 10.8. The Hall–Kier alpha value is -1.81. The molecule has 98 valence electrons. The van der Waals surface area contributed by atoms with Gasteiger partial charge in [-0.25, -0.2) is 4.98 Å². The fourth-order valence-corrected chi connectivity index (χ4v) is 2.44. The van der Waals surface area contributed by atoms with Gasteiger partial charge >= 0.3 is 0 Å². The molecule has 3 nitrogen and oxygen atoms in total. The van der Waals surface area contributed by atoms with Gasteiger partial charge in [0.25, 0.3) is 0 Å². The number of benzene rings is 1. The van der Waals surface area contributed by atoms with Gasteiger partial charge in [-0.3, -0.25) is 4.79 Å². The first-order chi connectivity index (χ1) is 9.13. The predicted molar refractivity (Wildman–Crippen MR) is 79.3 cm³/mol. The fourth-order valence-electron chi connectivity index (χ4n) is 1.68. The summed E-state index contributed by atoms with van der Waals surface area (Å²) in [5, 5.41) is 0. The third-order valence-corrected chi connectivity index (χ3v) is 3.74. The fraction of sp³-hybridized carbons (Fsp3) is 0.200. The van der Waals surface area contributed by atoms with Crippen LogP contribution in [0, 0.1) is 6.92 Å². The number of pyridine rings is 1. The number of nitrogens with zero attached hydrogens (tertiary/aromatic N) is 1. The number of hydrogen-bond acceptors (Lipinski definition) is 4. The molecule has 0 saturated carbocycles. The zero-order valence-corrected chi connectivity index (χ0v) is 11.6. The molecule has 1 aromatic heterocycles. The van der Waals surface area contributed by atoms with Gasteiger partial charge in [0, 0.05) is 17.5 Å². The summed E-state index contributed by atoms with van der Waals surface area (Å²) in [6.45, 7) is 2.05. The van der Waals surface area contributed by atoms with Crippen molar-refractivity contribution in [3.05, 3.63) is 53.7 Å². The Morgan fingerprint density at radius 3 is 2.68 bits per heavy atom. The van der Waals surface area contributed by atoms with E-state index < -0.39 is 0 Å². The number of thioether (sulfide) groups is 1. The highest BCUT2D eigenvalue weighted by Crippen LogP contribution is 2.18. The van der Waals surface area contributed by atoms with Crippen LogP contribution in [0.5, 0.6) is 0 Å². The lowest BCUT2D eigenvalue weighted by Crippen LogP contribution is -2.06. The van der Waals surface area contributed by atoms with E-state index in [4.69, 9.17) is 5.73 Å². The number of rotatable bonds is 5. The molecular weight excluding hydrogens is 256 g/mol. The van der Waals surface area contributed by atoms with Crippen molar-refractivity contribution in [2.75, 3.05) is 11.5 Å². The third-order valence-electron chi connectivity index (χ3n) is 2.67. The molecule has 0 aliphatic carbocycles. The van der Waals surface area contributed by atoms with E-state index >= 15 is 0 Å². The normalized spacial score (nSPS) is 10.4. The second kappa shape index (κ2) is 6.38. The maximum absolute atomic E-state index is 11.9. The Morgan fingerprint density at radius 2 is 2.00 bits per heavy atom. The van der Waals surface area contributed by atoms with Crippen LogP contribution in [0.2, 0.25) is 0 Å².